The van der Waals surface area contributed by atoms with Gasteiger partial charge in [-0.2, -0.15) is 0 Å². The number of nitrogens with zero attached hydrogens (tertiary/aromatic N) is 1. The van der Waals surface area contributed by atoms with Crippen molar-refractivity contribution in [3.05, 3.63) is 48.0 Å². The van der Waals surface area contributed by atoms with E-state index in [-0.39, 0.29) is 30.2 Å². The molecular weight excluding hydrogens is 327 g/mol. The van der Waals surface area contributed by atoms with Crippen LogP contribution in [0.5, 0.6) is 0 Å². The van der Waals surface area contributed by atoms with Gasteiger partial charge in [-0.05, 0) is 27.8 Å². The van der Waals surface area contributed by atoms with Crippen LogP contribution in [-0.2, 0) is 0 Å². The molecule has 0 saturated carbocycles. The summed E-state index contributed by atoms with van der Waals surface area (Å²) in [6, 6.07) is 16.1. The van der Waals surface area contributed by atoms with Crippen LogP contribution in [0.3, 0.4) is 0 Å². The first-order chi connectivity index (χ1) is 10.1. The van der Waals surface area contributed by atoms with Gasteiger partial charge in [-0.1, -0.05) is 57.2 Å². The topological polar surface area (TPSA) is 15.3 Å². The average molecular weight is 355 g/mol. The third kappa shape index (κ3) is 4.60. The molecule has 1 aliphatic rings. The summed E-state index contributed by atoms with van der Waals surface area (Å²) >= 11 is 0. The van der Waals surface area contributed by atoms with Crippen LogP contribution in [0.4, 0.5) is 0 Å². The Labute approximate surface area is 152 Å². The minimum Gasteiger partial charge on any atom is -0.314 e. The van der Waals surface area contributed by atoms with Gasteiger partial charge in [-0.15, -0.1) is 24.8 Å². The van der Waals surface area contributed by atoms with E-state index in [4.69, 9.17) is 0 Å². The smallest absolute Gasteiger partial charge is 0.0397 e. The minimum absolute atomic E-state index is 0. The lowest BCUT2D eigenvalue weighted by atomic mass is 9.80. The van der Waals surface area contributed by atoms with E-state index in [1.165, 1.54) is 16.3 Å². The van der Waals surface area contributed by atoms with Gasteiger partial charge < -0.3 is 5.32 Å². The molecule has 0 amide bonds. The van der Waals surface area contributed by atoms with Gasteiger partial charge in [-0.3, -0.25) is 4.90 Å². The highest BCUT2D eigenvalue weighted by molar-refractivity contribution is 5.85. The Morgan fingerprint density at radius 2 is 1.52 bits per heavy atom. The second-order valence-corrected chi connectivity index (χ2v) is 7.16. The highest BCUT2D eigenvalue weighted by atomic mass is 35.5. The molecule has 3 rings (SSSR count). The molecular formula is C19H28Cl2N2. The van der Waals surface area contributed by atoms with E-state index in [1.807, 2.05) is 0 Å². The van der Waals surface area contributed by atoms with E-state index in [0.717, 1.165) is 26.2 Å². The quantitative estimate of drug-likeness (QED) is 0.842. The predicted octanol–water partition coefficient (Wildman–Crippen LogP) is 4.68. The number of hydrogen-bond donors (Lipinski definition) is 1. The molecule has 1 aliphatic heterocycles. The number of fused-ring (bicyclic) bond motifs is 1. The molecule has 2 nitrogen and oxygen atoms in total. The number of nitrogens with one attached hydrogen (secondary N) is 1. The molecule has 0 radical (unpaired) electrons. The molecule has 0 unspecified atom stereocenters. The molecule has 0 aliphatic carbocycles. The fourth-order valence-electron chi connectivity index (χ4n) is 3.58. The molecule has 1 N–H and O–H groups in total. The molecule has 0 bridgehead atoms. The van der Waals surface area contributed by atoms with Crippen LogP contribution < -0.4 is 5.32 Å². The first-order valence-electron chi connectivity index (χ1n) is 7.99. The van der Waals surface area contributed by atoms with Crippen molar-refractivity contribution in [1.82, 2.24) is 10.2 Å². The molecule has 2 aromatic rings. The van der Waals surface area contributed by atoms with Gasteiger partial charge >= 0.3 is 0 Å². The number of piperazine rings is 1. The van der Waals surface area contributed by atoms with Crippen molar-refractivity contribution < 1.29 is 0 Å². The van der Waals surface area contributed by atoms with Gasteiger partial charge in [0.2, 0.25) is 0 Å². The van der Waals surface area contributed by atoms with Crippen LogP contribution in [-0.4, -0.2) is 31.1 Å². The van der Waals surface area contributed by atoms with E-state index in [0.29, 0.717) is 6.04 Å². The van der Waals surface area contributed by atoms with Crippen molar-refractivity contribution in [1.29, 1.82) is 0 Å². The largest absolute Gasteiger partial charge is 0.314 e. The monoisotopic (exact) mass is 354 g/mol. The average Bonchev–Trinajstić information content (AvgIpc) is 2.47. The third-order valence-electron chi connectivity index (χ3n) is 4.43. The molecule has 0 aromatic heterocycles. The van der Waals surface area contributed by atoms with Crippen molar-refractivity contribution in [2.45, 2.75) is 26.8 Å². The SMILES string of the molecule is CC(C)(C)[C@H](c1ccc2ccccc2c1)N1CCNCC1.Cl.Cl. The zero-order valence-electron chi connectivity index (χ0n) is 14.2. The lowest BCUT2D eigenvalue weighted by molar-refractivity contribution is 0.0863. The van der Waals surface area contributed by atoms with Crippen LogP contribution in [0, 0.1) is 5.41 Å². The maximum atomic E-state index is 3.46. The Morgan fingerprint density at radius 1 is 0.913 bits per heavy atom. The fraction of sp³-hybridized carbons (Fsp3) is 0.474. The van der Waals surface area contributed by atoms with Gasteiger partial charge in [0.05, 0.1) is 0 Å². The summed E-state index contributed by atoms with van der Waals surface area (Å²) in [5.41, 5.74) is 1.68. The lowest BCUT2D eigenvalue weighted by Crippen LogP contribution is -2.48. The highest BCUT2D eigenvalue weighted by Crippen LogP contribution is 2.39. The summed E-state index contributed by atoms with van der Waals surface area (Å²) in [5.74, 6) is 0. The highest BCUT2D eigenvalue weighted by Gasteiger charge is 2.32. The standard InChI is InChI=1S/C19H26N2.2ClH/c1-19(2,3)18(21-12-10-20-11-13-21)17-9-8-15-6-4-5-7-16(15)14-17;;/h4-9,14,18,20H,10-13H2,1-3H3;2*1H/t18-;;/m0../s1. The summed E-state index contributed by atoms with van der Waals surface area (Å²) in [6.45, 7) is 11.5. The van der Waals surface area contributed by atoms with Crippen molar-refractivity contribution in [2.24, 2.45) is 5.41 Å². The first kappa shape index (κ1) is 20.2. The zero-order valence-corrected chi connectivity index (χ0v) is 15.8. The van der Waals surface area contributed by atoms with Gasteiger partial charge in [0.1, 0.15) is 0 Å². The van der Waals surface area contributed by atoms with Crippen LogP contribution in [0.25, 0.3) is 10.8 Å². The van der Waals surface area contributed by atoms with Crippen molar-refractivity contribution in [3.63, 3.8) is 0 Å². The summed E-state index contributed by atoms with van der Waals surface area (Å²) in [6.07, 6.45) is 0. The first-order valence-corrected chi connectivity index (χ1v) is 7.99. The Kier molecular flexibility index (Phi) is 7.34. The van der Waals surface area contributed by atoms with Crippen LogP contribution in [0.2, 0.25) is 0 Å². The van der Waals surface area contributed by atoms with Crippen LogP contribution >= 0.6 is 24.8 Å². The Bertz CT molecular complexity index is 616. The second kappa shape index (κ2) is 8.34. The number of halogens is 2. The molecule has 1 saturated heterocycles. The molecule has 0 spiro atoms. The predicted molar refractivity (Wildman–Crippen MR) is 105 cm³/mol. The van der Waals surface area contributed by atoms with Gasteiger partial charge in [0.15, 0.2) is 0 Å². The van der Waals surface area contributed by atoms with E-state index in [2.05, 4.69) is 73.5 Å². The molecule has 23 heavy (non-hydrogen) atoms. The summed E-state index contributed by atoms with van der Waals surface area (Å²) in [7, 11) is 0. The van der Waals surface area contributed by atoms with Crippen molar-refractivity contribution >= 4 is 35.6 Å². The fourth-order valence-corrected chi connectivity index (χ4v) is 3.58. The summed E-state index contributed by atoms with van der Waals surface area (Å²) in [5, 5.41) is 6.14. The Hall–Kier alpha value is -0.800. The van der Waals surface area contributed by atoms with Crippen LogP contribution in [0.1, 0.15) is 32.4 Å². The molecule has 1 fully saturated rings. The molecule has 4 heteroatoms. The lowest BCUT2D eigenvalue weighted by Gasteiger charge is -2.42. The maximum Gasteiger partial charge on any atom is 0.0397 e. The second-order valence-electron chi connectivity index (χ2n) is 7.16. The van der Waals surface area contributed by atoms with Gasteiger partial charge in [0, 0.05) is 32.2 Å². The number of hydrogen-bond acceptors (Lipinski definition) is 2. The maximum absolute atomic E-state index is 3.46. The van der Waals surface area contributed by atoms with Crippen molar-refractivity contribution in [3.8, 4) is 0 Å². The zero-order chi connectivity index (χ0) is 14.9. The summed E-state index contributed by atoms with van der Waals surface area (Å²) < 4.78 is 0. The number of benzene rings is 2. The number of rotatable bonds is 2. The van der Waals surface area contributed by atoms with Gasteiger partial charge in [0.25, 0.3) is 0 Å². The summed E-state index contributed by atoms with van der Waals surface area (Å²) in [4.78, 5) is 2.64. The molecule has 128 valence electrons. The Balaban J connectivity index is 0.00000132. The molecule has 2 aromatic carbocycles. The third-order valence-corrected chi connectivity index (χ3v) is 4.43. The van der Waals surface area contributed by atoms with Crippen LogP contribution in [0.15, 0.2) is 42.5 Å². The molecule has 1 heterocycles. The van der Waals surface area contributed by atoms with E-state index < -0.39 is 0 Å². The molecule has 1 atom stereocenters. The van der Waals surface area contributed by atoms with Gasteiger partial charge in [-0.25, -0.2) is 0 Å². The van der Waals surface area contributed by atoms with E-state index in [1.54, 1.807) is 0 Å². The van der Waals surface area contributed by atoms with Crippen molar-refractivity contribution in [2.75, 3.05) is 26.2 Å². The minimum atomic E-state index is 0. The van der Waals surface area contributed by atoms with E-state index in [9.17, 15) is 0 Å². The van der Waals surface area contributed by atoms with E-state index >= 15 is 0 Å². The Morgan fingerprint density at radius 3 is 2.13 bits per heavy atom. The normalized spacial score (nSPS) is 17.2.